The summed E-state index contributed by atoms with van der Waals surface area (Å²) >= 11 is 0. The number of ketones is 1. The van der Waals surface area contributed by atoms with Crippen LogP contribution in [0.3, 0.4) is 0 Å². The van der Waals surface area contributed by atoms with Gasteiger partial charge in [0.15, 0.2) is 11.5 Å². The summed E-state index contributed by atoms with van der Waals surface area (Å²) in [5, 5.41) is 9.76. The molecule has 0 atom stereocenters. The fourth-order valence-electron chi connectivity index (χ4n) is 5.79. The largest absolute Gasteiger partial charge is 0.512 e. The van der Waals surface area contributed by atoms with Crippen LogP contribution >= 0.6 is 0 Å². The molecular formula is C41H48IrN3O2-. The van der Waals surface area contributed by atoms with E-state index in [1.807, 2.05) is 65.9 Å². The summed E-state index contributed by atoms with van der Waals surface area (Å²) in [6.45, 7) is 25.8. The number of aryl methyl sites for hydroxylation is 5. The molecule has 47 heavy (non-hydrogen) atoms. The first-order valence-electron chi connectivity index (χ1n) is 16.3. The quantitative estimate of drug-likeness (QED) is 0.0985. The molecule has 0 saturated heterocycles. The summed E-state index contributed by atoms with van der Waals surface area (Å²) < 4.78 is 0. The van der Waals surface area contributed by atoms with E-state index in [-0.39, 0.29) is 43.5 Å². The monoisotopic (exact) mass is 807 g/mol. The Morgan fingerprint density at radius 3 is 2.00 bits per heavy atom. The number of nitrogens with zero attached hydrogens (tertiary/aromatic N) is 3. The Morgan fingerprint density at radius 2 is 1.45 bits per heavy atom. The first kappa shape index (κ1) is 39.3. The van der Waals surface area contributed by atoms with Gasteiger partial charge in [0.2, 0.25) is 0 Å². The Balaban J connectivity index is 0.000000410. The van der Waals surface area contributed by atoms with Crippen molar-refractivity contribution in [2.24, 2.45) is 11.8 Å². The fraction of sp³-hybridized carbons (Fsp3) is 0.366. The van der Waals surface area contributed by atoms with Crippen LogP contribution in [0.15, 0.2) is 66.6 Å². The summed E-state index contributed by atoms with van der Waals surface area (Å²) in [7, 11) is 0. The first-order valence-corrected chi connectivity index (χ1v) is 16.3. The van der Waals surface area contributed by atoms with Crippen LogP contribution in [0.4, 0.5) is 5.69 Å². The second-order valence-electron chi connectivity index (χ2n) is 12.2. The number of carbonyl (C=O) groups excluding carboxylic acids is 1. The van der Waals surface area contributed by atoms with Gasteiger partial charge in [-0.25, -0.2) is 4.85 Å². The molecule has 0 aliphatic carbocycles. The zero-order valence-corrected chi connectivity index (χ0v) is 31.7. The molecule has 0 aliphatic rings. The molecule has 4 aromatic rings. The van der Waals surface area contributed by atoms with Gasteiger partial charge in [0, 0.05) is 49.9 Å². The van der Waals surface area contributed by atoms with E-state index in [9.17, 15) is 9.90 Å². The third-order valence-electron chi connectivity index (χ3n) is 8.38. The second-order valence-corrected chi connectivity index (χ2v) is 12.2. The van der Waals surface area contributed by atoms with Crippen molar-refractivity contribution in [2.45, 2.75) is 88.0 Å². The van der Waals surface area contributed by atoms with Crippen molar-refractivity contribution in [3.8, 4) is 33.8 Å². The summed E-state index contributed by atoms with van der Waals surface area (Å²) in [6.07, 6.45) is 6.71. The van der Waals surface area contributed by atoms with Crippen molar-refractivity contribution in [1.82, 2.24) is 9.97 Å². The zero-order chi connectivity index (χ0) is 34.0. The summed E-state index contributed by atoms with van der Waals surface area (Å²) in [4.78, 5) is 25.2. The SMILES string of the molecule is CCC(CC)C(=O)/C=C(\O)C(CC)CC.[C-]#[N+]c1ccc(C)c(-c2cnc(-c3[c-]c(C)cc(C)c3)c(-c3cc(C)cc(C)c3)n2)c1.[Ir]. The molecule has 1 aromatic heterocycles. The topological polar surface area (TPSA) is 67.4 Å². The van der Waals surface area contributed by atoms with Gasteiger partial charge in [0.05, 0.1) is 23.7 Å². The Morgan fingerprint density at radius 1 is 0.851 bits per heavy atom. The van der Waals surface area contributed by atoms with E-state index in [2.05, 4.69) is 62.0 Å². The van der Waals surface area contributed by atoms with E-state index >= 15 is 0 Å². The van der Waals surface area contributed by atoms with Crippen molar-refractivity contribution in [3.05, 3.63) is 112 Å². The van der Waals surface area contributed by atoms with Crippen LogP contribution in [0.25, 0.3) is 38.6 Å². The predicted molar refractivity (Wildman–Crippen MR) is 191 cm³/mol. The summed E-state index contributed by atoms with van der Waals surface area (Å²) in [5.41, 5.74) is 11.6. The molecule has 0 spiro atoms. The van der Waals surface area contributed by atoms with Crippen molar-refractivity contribution >= 4 is 11.5 Å². The van der Waals surface area contributed by atoms with Crippen molar-refractivity contribution in [1.29, 1.82) is 0 Å². The van der Waals surface area contributed by atoms with Gasteiger partial charge >= 0.3 is 0 Å². The average Bonchev–Trinajstić information content (AvgIpc) is 3.01. The standard InChI is InChI=1S/C28H24N3.C13H24O2.Ir/c1-17-9-18(2)12-22(11-17)27-28(23-13-19(3)10-20(4)14-23)31-26(16-30-27)25-15-24(29-6)8-7-21(25)5;1-5-10(6-2)12(14)9-13(15)11(7-3)8-4;/h7-11,13-16H,1-5H3;9-11,14H,5-8H2,1-4H3;/q-1;;/b;12-9-;. The predicted octanol–water partition coefficient (Wildman–Crippen LogP) is 11.2. The van der Waals surface area contributed by atoms with Gasteiger partial charge in [-0.3, -0.25) is 9.78 Å². The van der Waals surface area contributed by atoms with Crippen molar-refractivity contribution in [3.63, 3.8) is 0 Å². The maximum absolute atomic E-state index is 11.7. The van der Waals surface area contributed by atoms with Gasteiger partial charge in [-0.05, 0) is 69.2 Å². The number of aliphatic hydroxyl groups is 1. The Hall–Kier alpha value is -3.91. The van der Waals surface area contributed by atoms with Crippen molar-refractivity contribution in [2.75, 3.05) is 0 Å². The van der Waals surface area contributed by atoms with E-state index < -0.39 is 0 Å². The van der Waals surface area contributed by atoms with E-state index in [4.69, 9.17) is 16.5 Å². The molecule has 0 fully saturated rings. The van der Waals surface area contributed by atoms with Crippen LogP contribution in [0.1, 0.15) is 81.2 Å². The summed E-state index contributed by atoms with van der Waals surface area (Å²) in [6, 6.07) is 19.8. The smallest absolute Gasteiger partial charge is 0.187 e. The van der Waals surface area contributed by atoms with Gasteiger partial charge in [-0.2, -0.15) is 0 Å². The number of aliphatic hydroxyl groups excluding tert-OH is 1. The number of allylic oxidation sites excluding steroid dienone is 2. The molecule has 1 heterocycles. The molecule has 0 bridgehead atoms. The van der Waals surface area contributed by atoms with Crippen LogP contribution in [0, 0.1) is 59.1 Å². The maximum Gasteiger partial charge on any atom is 0.187 e. The van der Waals surface area contributed by atoms with Crippen LogP contribution < -0.4 is 0 Å². The molecule has 0 aliphatic heterocycles. The Kier molecular flexibility index (Phi) is 15.4. The van der Waals surface area contributed by atoms with Crippen LogP contribution in [-0.4, -0.2) is 20.9 Å². The number of benzene rings is 3. The minimum atomic E-state index is 0. The van der Waals surface area contributed by atoms with Crippen LogP contribution in [-0.2, 0) is 24.9 Å². The Bertz CT molecular complexity index is 1700. The molecule has 3 aromatic carbocycles. The molecule has 6 heteroatoms. The fourth-order valence-corrected chi connectivity index (χ4v) is 5.79. The number of aromatic nitrogens is 2. The maximum atomic E-state index is 11.7. The third kappa shape index (κ3) is 10.5. The minimum absolute atomic E-state index is 0. The van der Waals surface area contributed by atoms with Gasteiger partial charge in [-0.15, -0.1) is 34.9 Å². The molecule has 1 N–H and O–H groups in total. The normalized spacial score (nSPS) is 11.1. The number of hydrogen-bond acceptors (Lipinski definition) is 4. The molecule has 0 saturated carbocycles. The molecule has 4 rings (SSSR count). The molecule has 0 amide bonds. The number of carbonyl (C=O) groups is 1. The molecule has 1 radical (unpaired) electrons. The molecule has 249 valence electrons. The average molecular weight is 807 g/mol. The Labute approximate surface area is 295 Å². The van der Waals surface area contributed by atoms with E-state index in [0.717, 1.165) is 70.6 Å². The number of hydrogen-bond donors (Lipinski definition) is 1. The summed E-state index contributed by atoms with van der Waals surface area (Å²) in [5.74, 6) is 0.547. The molecule has 0 unspecified atom stereocenters. The minimum Gasteiger partial charge on any atom is -0.512 e. The van der Waals surface area contributed by atoms with Gasteiger partial charge in [-0.1, -0.05) is 83.0 Å². The second kappa shape index (κ2) is 18.4. The third-order valence-corrected chi connectivity index (χ3v) is 8.38. The van der Waals surface area contributed by atoms with Gasteiger partial charge < -0.3 is 10.1 Å². The van der Waals surface area contributed by atoms with Gasteiger partial charge in [0.1, 0.15) is 0 Å². The first-order chi connectivity index (χ1) is 21.9. The van der Waals surface area contributed by atoms with Crippen LogP contribution in [0.5, 0.6) is 0 Å². The van der Waals surface area contributed by atoms with E-state index in [0.29, 0.717) is 5.69 Å². The zero-order valence-electron chi connectivity index (χ0n) is 29.3. The molecular weight excluding hydrogens is 759 g/mol. The van der Waals surface area contributed by atoms with Crippen molar-refractivity contribution < 1.29 is 30.0 Å². The van der Waals surface area contributed by atoms with Gasteiger partial charge in [0.25, 0.3) is 0 Å². The number of rotatable bonds is 10. The van der Waals surface area contributed by atoms with Crippen LogP contribution in [0.2, 0.25) is 0 Å². The van der Waals surface area contributed by atoms with E-state index in [1.54, 1.807) is 0 Å². The molecule has 5 nitrogen and oxygen atoms in total. The van der Waals surface area contributed by atoms with E-state index in [1.165, 1.54) is 22.8 Å².